The predicted molar refractivity (Wildman–Crippen MR) is 64.7 cm³/mol. The summed E-state index contributed by atoms with van der Waals surface area (Å²) in [6.45, 7) is 3.53. The Morgan fingerprint density at radius 1 is 1.35 bits per heavy atom. The number of carbonyl (C=O) groups excluding carboxylic acids is 1. The molecule has 96 valence electrons. The SMILES string of the molecule is CC(C)C(NC(=O)NC1CC=CCC1)C(=O)O. The van der Waals surface area contributed by atoms with Crippen molar-refractivity contribution in [3.63, 3.8) is 0 Å². The van der Waals surface area contributed by atoms with Gasteiger partial charge in [-0.3, -0.25) is 0 Å². The number of rotatable bonds is 4. The number of amides is 2. The van der Waals surface area contributed by atoms with Gasteiger partial charge in [0.1, 0.15) is 6.04 Å². The molecule has 0 saturated carbocycles. The van der Waals surface area contributed by atoms with Gasteiger partial charge in [0, 0.05) is 6.04 Å². The Kier molecular flexibility index (Phi) is 5.00. The molecule has 0 saturated heterocycles. The van der Waals surface area contributed by atoms with Gasteiger partial charge in [-0.05, 0) is 25.2 Å². The molecule has 5 nitrogen and oxygen atoms in total. The molecule has 2 amide bonds. The molecule has 0 heterocycles. The lowest BCUT2D eigenvalue weighted by Crippen LogP contribution is -2.51. The molecular weight excluding hydrogens is 220 g/mol. The molecule has 1 rings (SSSR count). The Labute approximate surface area is 101 Å². The van der Waals surface area contributed by atoms with Crippen LogP contribution in [0.2, 0.25) is 0 Å². The smallest absolute Gasteiger partial charge is 0.326 e. The zero-order valence-electron chi connectivity index (χ0n) is 10.3. The number of aliphatic carboxylic acids is 1. The van der Waals surface area contributed by atoms with Crippen LogP contribution in [0, 0.1) is 5.92 Å². The summed E-state index contributed by atoms with van der Waals surface area (Å²) in [6.07, 6.45) is 6.80. The highest BCUT2D eigenvalue weighted by atomic mass is 16.4. The van der Waals surface area contributed by atoms with Gasteiger partial charge in [0.2, 0.25) is 0 Å². The molecule has 0 aromatic heterocycles. The van der Waals surface area contributed by atoms with Crippen molar-refractivity contribution in [2.75, 3.05) is 0 Å². The topological polar surface area (TPSA) is 78.4 Å². The van der Waals surface area contributed by atoms with Gasteiger partial charge in [-0.25, -0.2) is 9.59 Å². The van der Waals surface area contributed by atoms with Crippen molar-refractivity contribution in [1.82, 2.24) is 10.6 Å². The summed E-state index contributed by atoms with van der Waals surface area (Å²) < 4.78 is 0. The van der Waals surface area contributed by atoms with E-state index < -0.39 is 18.0 Å². The molecule has 0 aromatic rings. The van der Waals surface area contributed by atoms with Crippen molar-refractivity contribution in [3.05, 3.63) is 12.2 Å². The van der Waals surface area contributed by atoms with Crippen molar-refractivity contribution in [2.45, 2.75) is 45.2 Å². The van der Waals surface area contributed by atoms with Crippen LogP contribution < -0.4 is 10.6 Å². The van der Waals surface area contributed by atoms with E-state index in [1.807, 2.05) is 6.08 Å². The first-order valence-electron chi connectivity index (χ1n) is 5.95. The number of nitrogens with one attached hydrogen (secondary N) is 2. The normalized spacial score (nSPS) is 21.0. The molecule has 3 N–H and O–H groups in total. The third-order valence-corrected chi connectivity index (χ3v) is 2.82. The summed E-state index contributed by atoms with van der Waals surface area (Å²) >= 11 is 0. The first-order valence-corrected chi connectivity index (χ1v) is 5.95. The molecule has 1 aliphatic rings. The molecule has 1 aliphatic carbocycles. The van der Waals surface area contributed by atoms with Crippen LogP contribution in [0.15, 0.2) is 12.2 Å². The first kappa shape index (κ1) is 13.5. The third-order valence-electron chi connectivity index (χ3n) is 2.82. The highest BCUT2D eigenvalue weighted by Crippen LogP contribution is 2.10. The third kappa shape index (κ3) is 4.46. The van der Waals surface area contributed by atoms with Gasteiger partial charge in [-0.15, -0.1) is 0 Å². The van der Waals surface area contributed by atoms with Crippen molar-refractivity contribution in [1.29, 1.82) is 0 Å². The summed E-state index contributed by atoms with van der Waals surface area (Å²) in [5.74, 6) is -1.14. The maximum Gasteiger partial charge on any atom is 0.326 e. The largest absolute Gasteiger partial charge is 0.480 e. The highest BCUT2D eigenvalue weighted by Gasteiger charge is 2.24. The average Bonchev–Trinajstić information content (AvgIpc) is 2.26. The highest BCUT2D eigenvalue weighted by molar-refractivity contribution is 5.82. The minimum absolute atomic E-state index is 0.113. The van der Waals surface area contributed by atoms with Gasteiger partial charge < -0.3 is 15.7 Å². The second-order valence-corrected chi connectivity index (χ2v) is 4.66. The van der Waals surface area contributed by atoms with E-state index in [9.17, 15) is 9.59 Å². The Balaban J connectivity index is 2.42. The second-order valence-electron chi connectivity index (χ2n) is 4.66. The van der Waals surface area contributed by atoms with Crippen LogP contribution in [0.25, 0.3) is 0 Å². The summed E-state index contributed by atoms with van der Waals surface area (Å²) in [4.78, 5) is 22.5. The van der Waals surface area contributed by atoms with E-state index in [0.29, 0.717) is 0 Å². The standard InChI is InChI=1S/C12H20N2O3/c1-8(2)10(11(15)16)14-12(17)13-9-6-4-3-5-7-9/h3-4,8-10H,5-7H2,1-2H3,(H,15,16)(H2,13,14,17). The number of carboxylic acids is 1. The number of carboxylic acid groups (broad SMARTS) is 1. The number of allylic oxidation sites excluding steroid dienone is 1. The first-order chi connectivity index (χ1) is 8.00. The van der Waals surface area contributed by atoms with E-state index in [4.69, 9.17) is 5.11 Å². The van der Waals surface area contributed by atoms with Gasteiger partial charge >= 0.3 is 12.0 Å². The zero-order chi connectivity index (χ0) is 12.8. The van der Waals surface area contributed by atoms with Crippen LogP contribution in [-0.2, 0) is 4.79 Å². The fraction of sp³-hybridized carbons (Fsp3) is 0.667. The van der Waals surface area contributed by atoms with E-state index in [1.165, 1.54) is 0 Å². The molecule has 5 heteroatoms. The number of urea groups is 1. The predicted octanol–water partition coefficient (Wildman–Crippen LogP) is 1.50. The van der Waals surface area contributed by atoms with Crippen LogP contribution in [0.1, 0.15) is 33.1 Å². The lowest BCUT2D eigenvalue weighted by atomic mass is 10.0. The Bertz CT molecular complexity index is 313. The number of hydrogen-bond acceptors (Lipinski definition) is 2. The van der Waals surface area contributed by atoms with Crippen LogP contribution in [0.3, 0.4) is 0 Å². The van der Waals surface area contributed by atoms with E-state index in [0.717, 1.165) is 19.3 Å². The molecular formula is C12H20N2O3. The number of hydrogen-bond donors (Lipinski definition) is 3. The van der Waals surface area contributed by atoms with Gasteiger partial charge in [0.25, 0.3) is 0 Å². The lowest BCUT2D eigenvalue weighted by Gasteiger charge is -2.23. The lowest BCUT2D eigenvalue weighted by molar-refractivity contribution is -0.140. The molecule has 0 fully saturated rings. The molecule has 0 spiro atoms. The summed E-state index contributed by atoms with van der Waals surface area (Å²) in [7, 11) is 0. The minimum Gasteiger partial charge on any atom is -0.480 e. The van der Waals surface area contributed by atoms with Crippen LogP contribution in [0.5, 0.6) is 0 Å². The minimum atomic E-state index is -1.00. The van der Waals surface area contributed by atoms with E-state index in [2.05, 4.69) is 16.7 Å². The maximum absolute atomic E-state index is 11.6. The number of carbonyl (C=O) groups is 2. The fourth-order valence-electron chi connectivity index (χ4n) is 1.81. The van der Waals surface area contributed by atoms with Gasteiger partial charge in [-0.2, -0.15) is 0 Å². The Morgan fingerprint density at radius 2 is 2.06 bits per heavy atom. The van der Waals surface area contributed by atoms with Crippen molar-refractivity contribution in [2.24, 2.45) is 5.92 Å². The molecule has 2 atom stereocenters. The average molecular weight is 240 g/mol. The Morgan fingerprint density at radius 3 is 2.53 bits per heavy atom. The molecule has 2 unspecified atom stereocenters. The molecule has 0 radical (unpaired) electrons. The van der Waals surface area contributed by atoms with E-state index >= 15 is 0 Å². The molecule has 0 aromatic carbocycles. The molecule has 17 heavy (non-hydrogen) atoms. The Hall–Kier alpha value is -1.52. The molecule has 0 aliphatic heterocycles. The fourth-order valence-corrected chi connectivity index (χ4v) is 1.81. The summed E-state index contributed by atoms with van der Waals surface area (Å²) in [6, 6.07) is -1.12. The quantitative estimate of drug-likeness (QED) is 0.652. The van der Waals surface area contributed by atoms with Crippen LogP contribution in [0.4, 0.5) is 4.79 Å². The van der Waals surface area contributed by atoms with Gasteiger partial charge in [0.05, 0.1) is 0 Å². The zero-order valence-corrected chi connectivity index (χ0v) is 10.3. The summed E-state index contributed by atoms with van der Waals surface area (Å²) in [5.41, 5.74) is 0. The van der Waals surface area contributed by atoms with E-state index in [1.54, 1.807) is 13.8 Å². The van der Waals surface area contributed by atoms with Crippen molar-refractivity contribution < 1.29 is 14.7 Å². The summed E-state index contributed by atoms with van der Waals surface area (Å²) in [5, 5.41) is 14.2. The van der Waals surface area contributed by atoms with Crippen LogP contribution >= 0.6 is 0 Å². The van der Waals surface area contributed by atoms with Crippen molar-refractivity contribution >= 4 is 12.0 Å². The van der Waals surface area contributed by atoms with Crippen molar-refractivity contribution in [3.8, 4) is 0 Å². The molecule has 0 bridgehead atoms. The van der Waals surface area contributed by atoms with Gasteiger partial charge in [0.15, 0.2) is 0 Å². The van der Waals surface area contributed by atoms with Gasteiger partial charge in [-0.1, -0.05) is 26.0 Å². The maximum atomic E-state index is 11.6. The second kappa shape index (κ2) is 6.27. The monoisotopic (exact) mass is 240 g/mol. The van der Waals surface area contributed by atoms with Crippen LogP contribution in [-0.4, -0.2) is 29.2 Å². The van der Waals surface area contributed by atoms with E-state index in [-0.39, 0.29) is 12.0 Å².